The minimum Gasteiger partial charge on any atom is -0.768 e. The molecule has 40 heteroatoms. The largest absolute Gasteiger partial charge is 1.00 e. The van der Waals surface area contributed by atoms with Crippen molar-refractivity contribution in [2.24, 2.45) is 0 Å². The standard InChI is InChI=1S/2C19H25F2N5O4S.C18H25N5O4S.CH2F2O2S.Na/c2*1-31(29,30)25-6-4-12(5-7-25)23-19-22-10-11-8-15(16(20)21)18(28)26(17(11)24-19)13-2-3-14(27)9-13;1-28(26,27)22-8-6-13(7-9-22)20-18-19-11-12-2-5-16(25)23(17(12)21-18)14-3-4-15(24)10-14;2-1(3)6(4)5;/h2*8,10,12-14,16,27H,2-7,9H2,1H3,(H,22,23,24);2,5,11,13-15,24H,3-4,6-10H2,1H3,(H,19,20,21);1H,(H,4,5);/q;;;;+1/p-1/t2*13-,14-;14-,15-;;/m101../s1. The zero-order valence-corrected chi connectivity index (χ0v) is 58.7. The van der Waals surface area contributed by atoms with Crippen molar-refractivity contribution in [3.8, 4) is 0 Å². The number of nitrogens with one attached hydrogen (secondary N) is 3. The number of fused-ring (bicyclic) bond motifs is 3. The van der Waals surface area contributed by atoms with Crippen LogP contribution in [0.5, 0.6) is 0 Å². The summed E-state index contributed by atoms with van der Waals surface area (Å²) in [5.41, 5.74) is -1.87. The first-order chi connectivity index (χ1) is 45.2. The molecule has 9 heterocycles. The van der Waals surface area contributed by atoms with Crippen LogP contribution in [0.1, 0.15) is 138 Å². The summed E-state index contributed by atoms with van der Waals surface area (Å²) in [5, 5.41) is 40.7. The fourth-order valence-electron chi connectivity index (χ4n) is 12.9. The molecule has 97 heavy (non-hydrogen) atoms. The summed E-state index contributed by atoms with van der Waals surface area (Å²) in [7, 11) is -9.62. The Morgan fingerprint density at radius 2 is 0.773 bits per heavy atom. The van der Waals surface area contributed by atoms with Gasteiger partial charge in [0.05, 0.1) is 48.2 Å². The SMILES string of the molecule is CS(=O)(=O)N1CCC(Nc2ncc3cc(C(F)F)c(=O)n([C@@H]4CC[C@@H](O)C4)c3n2)CC1.CS(=O)(=O)N1CCC(Nc2ncc3cc(C(F)F)c(=O)n([C@H]4CC[C@H](O)C4)c3n2)CC1.CS(=O)(=O)N1CCC(Nc2ncc3ccc(=O)n([C@@H]4CC[C@@H](O)C4)c3n2)CC1.O=S([O-])C(F)F.[Na+]. The smallest absolute Gasteiger partial charge is 0.768 e. The Labute approximate surface area is 578 Å². The summed E-state index contributed by atoms with van der Waals surface area (Å²) in [6.45, 7) is 2.46. The summed E-state index contributed by atoms with van der Waals surface area (Å²) < 4.78 is 171. The number of halogens is 6. The van der Waals surface area contributed by atoms with Gasteiger partial charge in [-0.15, -0.1) is 0 Å². The van der Waals surface area contributed by atoms with Crippen molar-refractivity contribution in [3.05, 3.63) is 85.0 Å². The maximum Gasteiger partial charge on any atom is 1.00 e. The van der Waals surface area contributed by atoms with E-state index in [4.69, 9.17) is 8.76 Å². The van der Waals surface area contributed by atoms with Gasteiger partial charge >= 0.3 is 29.6 Å². The first kappa shape index (κ1) is 77.3. The molecule has 12 rings (SSSR count). The van der Waals surface area contributed by atoms with Gasteiger partial charge in [-0.25, -0.2) is 70.7 Å². The Bertz CT molecular complexity index is 4140. The topological polar surface area (TPSA) is 392 Å². The summed E-state index contributed by atoms with van der Waals surface area (Å²) in [6, 6.07) is 4.57. The van der Waals surface area contributed by atoms with E-state index < -0.39 is 106 Å². The van der Waals surface area contributed by atoms with E-state index in [1.807, 2.05) is 0 Å². The molecule has 1 unspecified atom stereocenters. The molecule has 3 aliphatic heterocycles. The predicted molar refractivity (Wildman–Crippen MR) is 342 cm³/mol. The molecule has 0 amide bonds. The number of hydrogen-bond donors (Lipinski definition) is 6. The molecule has 0 bridgehead atoms. The molecule has 530 valence electrons. The van der Waals surface area contributed by atoms with E-state index in [0.29, 0.717) is 152 Å². The number of aromatic nitrogens is 9. The molecule has 6 aromatic heterocycles. The first-order valence-corrected chi connectivity index (χ1v) is 37.7. The maximum atomic E-state index is 13.4. The van der Waals surface area contributed by atoms with E-state index in [9.17, 15) is 81.3 Å². The van der Waals surface area contributed by atoms with Crippen molar-refractivity contribution in [2.75, 3.05) is 74.0 Å². The molecular formula is C57H76F6N15NaO14S4. The third kappa shape index (κ3) is 19.8. The van der Waals surface area contributed by atoms with Crippen molar-refractivity contribution in [1.82, 2.24) is 56.5 Å². The van der Waals surface area contributed by atoms with Gasteiger partial charge in [0.25, 0.3) is 35.3 Å². The van der Waals surface area contributed by atoms with E-state index in [0.717, 1.165) is 23.9 Å². The normalized spacial score (nSPS) is 23.2. The minimum atomic E-state index is -3.23. The van der Waals surface area contributed by atoms with Crippen LogP contribution in [0.3, 0.4) is 0 Å². The number of piperidine rings is 3. The van der Waals surface area contributed by atoms with Crippen LogP contribution >= 0.6 is 0 Å². The third-order valence-corrected chi connectivity index (χ3v) is 22.1. The molecule has 0 radical (unpaired) electrons. The van der Waals surface area contributed by atoms with Crippen LogP contribution in [0.15, 0.2) is 57.2 Å². The molecule has 0 aromatic carbocycles. The Hall–Kier alpha value is -5.43. The number of aliphatic hydroxyl groups is 3. The van der Waals surface area contributed by atoms with Crippen molar-refractivity contribution in [2.45, 2.75) is 169 Å². The van der Waals surface area contributed by atoms with Gasteiger partial charge in [-0.05, 0) is 115 Å². The minimum absolute atomic E-state index is 0. The van der Waals surface area contributed by atoms with E-state index in [1.54, 1.807) is 16.8 Å². The van der Waals surface area contributed by atoms with E-state index in [-0.39, 0.29) is 88.6 Å². The Kier molecular flexibility index (Phi) is 26.2. The number of nitrogens with zero attached hydrogens (tertiary/aromatic N) is 12. The monoisotopic (exact) mass is 1460 g/mol. The second kappa shape index (κ2) is 32.9. The molecule has 3 aliphatic carbocycles. The molecular weight excluding hydrogens is 1380 g/mol. The second-order valence-electron chi connectivity index (χ2n) is 24.7. The predicted octanol–water partition coefficient (Wildman–Crippen LogP) is 1.11. The summed E-state index contributed by atoms with van der Waals surface area (Å²) in [6.07, 6.45) is 8.90. The van der Waals surface area contributed by atoms with Crippen molar-refractivity contribution < 1.29 is 105 Å². The van der Waals surface area contributed by atoms with Gasteiger partial charge in [0, 0.05) is 127 Å². The number of alkyl halides is 6. The van der Waals surface area contributed by atoms with Gasteiger partial charge in [0.1, 0.15) is 16.9 Å². The van der Waals surface area contributed by atoms with Crippen LogP contribution in [0.4, 0.5) is 44.2 Å². The molecule has 6 fully saturated rings. The van der Waals surface area contributed by atoms with E-state index >= 15 is 0 Å². The zero-order chi connectivity index (χ0) is 69.7. The van der Waals surface area contributed by atoms with Crippen LogP contribution in [0, 0.1) is 0 Å². The van der Waals surface area contributed by atoms with Gasteiger partial charge in [0.2, 0.25) is 47.9 Å². The summed E-state index contributed by atoms with van der Waals surface area (Å²) >= 11 is -3.20. The molecule has 6 N–H and O–H groups in total. The van der Waals surface area contributed by atoms with Gasteiger partial charge in [-0.1, -0.05) is 0 Å². The van der Waals surface area contributed by atoms with Crippen molar-refractivity contribution >= 4 is 92.1 Å². The fourth-order valence-corrected chi connectivity index (χ4v) is 15.5. The van der Waals surface area contributed by atoms with Crippen LogP contribution in [0.2, 0.25) is 0 Å². The van der Waals surface area contributed by atoms with Crippen molar-refractivity contribution in [1.29, 1.82) is 0 Å². The number of anilines is 3. The number of rotatable bonds is 15. The van der Waals surface area contributed by atoms with Crippen LogP contribution in [-0.2, 0) is 41.2 Å². The van der Waals surface area contributed by atoms with Crippen LogP contribution < -0.4 is 62.2 Å². The molecule has 6 aliphatic rings. The molecule has 0 spiro atoms. The van der Waals surface area contributed by atoms with Gasteiger partial charge in [-0.3, -0.25) is 32.3 Å². The summed E-state index contributed by atoms with van der Waals surface area (Å²) in [4.78, 5) is 64.4. The van der Waals surface area contributed by atoms with Gasteiger partial charge < -0.3 is 35.8 Å². The quantitative estimate of drug-likeness (QED) is 0.0476. The summed E-state index contributed by atoms with van der Waals surface area (Å²) in [5.74, 6) is -2.29. The maximum absolute atomic E-state index is 13.4. The molecule has 3 saturated heterocycles. The van der Waals surface area contributed by atoms with E-state index in [2.05, 4.69) is 45.9 Å². The van der Waals surface area contributed by atoms with Crippen molar-refractivity contribution in [3.63, 3.8) is 0 Å². The molecule has 6 aromatic rings. The van der Waals surface area contributed by atoms with E-state index in [1.165, 1.54) is 59.3 Å². The average Bonchev–Trinajstić information content (AvgIpc) is 1.63. The number of pyridine rings is 3. The molecule has 7 atom stereocenters. The first-order valence-electron chi connectivity index (χ1n) is 31.1. The molecule has 3 saturated carbocycles. The Morgan fingerprint density at radius 3 is 1.04 bits per heavy atom. The number of aliphatic hydroxyl groups excluding tert-OH is 3. The molecule has 29 nitrogen and oxygen atoms in total. The fraction of sp³-hybridized carbons (Fsp3) is 0.632. The average molecular weight is 1460 g/mol. The zero-order valence-electron chi connectivity index (χ0n) is 53.4. The van der Waals surface area contributed by atoms with Gasteiger partial charge in [0.15, 0.2) is 0 Å². The number of hydrogen-bond acceptors (Lipinski definition) is 23. The Morgan fingerprint density at radius 1 is 0.485 bits per heavy atom. The van der Waals surface area contributed by atoms with Crippen LogP contribution in [0.25, 0.3) is 33.1 Å². The third-order valence-electron chi connectivity index (χ3n) is 17.9. The second-order valence-corrected chi connectivity index (χ2v) is 31.6. The van der Waals surface area contributed by atoms with Gasteiger partial charge in [-0.2, -0.15) is 23.7 Å². The van der Waals surface area contributed by atoms with Crippen LogP contribution in [-0.4, -0.2) is 206 Å². The Balaban J connectivity index is 0.000000177. The number of sulfonamides is 3.